The van der Waals surface area contributed by atoms with Crippen molar-refractivity contribution < 1.29 is 9.53 Å². The largest absolute Gasteiger partial charge is 0.469 e. The number of halogens is 2. The maximum absolute atomic E-state index is 10.9. The van der Waals surface area contributed by atoms with Crippen LogP contribution in [0.2, 0.25) is 10.0 Å². The van der Waals surface area contributed by atoms with E-state index in [2.05, 4.69) is 15.4 Å². The van der Waals surface area contributed by atoms with E-state index in [0.717, 1.165) is 0 Å². The number of hydrogen-bond donors (Lipinski definition) is 3. The molecule has 0 aliphatic heterocycles. The van der Waals surface area contributed by atoms with Crippen LogP contribution >= 0.6 is 35.4 Å². The second-order valence-electron chi connectivity index (χ2n) is 3.91. The lowest BCUT2D eigenvalue weighted by Crippen LogP contribution is -2.29. The third-order valence-electron chi connectivity index (χ3n) is 2.41. The van der Waals surface area contributed by atoms with Gasteiger partial charge in [-0.2, -0.15) is 0 Å². The molecule has 0 bridgehead atoms. The van der Waals surface area contributed by atoms with E-state index in [0.29, 0.717) is 45.9 Å². The molecule has 5 nitrogen and oxygen atoms in total. The van der Waals surface area contributed by atoms with Crippen LogP contribution in [0.25, 0.3) is 0 Å². The number of methoxy groups -OCH3 is 1. The van der Waals surface area contributed by atoms with Gasteiger partial charge in [0.05, 0.1) is 22.8 Å². The summed E-state index contributed by atoms with van der Waals surface area (Å²) in [5.41, 5.74) is 6.61. The number of thiocarbonyl (C=S) groups is 1. The van der Waals surface area contributed by atoms with Crippen molar-refractivity contribution in [2.45, 2.75) is 12.8 Å². The van der Waals surface area contributed by atoms with E-state index in [1.165, 1.54) is 7.11 Å². The summed E-state index contributed by atoms with van der Waals surface area (Å²) in [6.45, 7) is 0.553. The number of benzene rings is 1. The molecule has 0 radical (unpaired) electrons. The SMILES string of the molecule is COC(=O)CCCNC(=S)Nc1cc(Cl)c(N)c(Cl)c1. The van der Waals surface area contributed by atoms with Gasteiger partial charge in [-0.25, -0.2) is 0 Å². The fourth-order valence-corrected chi connectivity index (χ4v) is 2.08. The Labute approximate surface area is 132 Å². The minimum atomic E-state index is -0.247. The van der Waals surface area contributed by atoms with Gasteiger partial charge in [0, 0.05) is 18.7 Å². The summed E-state index contributed by atoms with van der Waals surface area (Å²) in [7, 11) is 1.36. The zero-order valence-electron chi connectivity index (χ0n) is 10.8. The predicted octanol–water partition coefficient (Wildman–Crippen LogP) is 2.82. The molecule has 0 saturated heterocycles. The Balaban J connectivity index is 2.41. The third-order valence-corrected chi connectivity index (χ3v) is 3.28. The van der Waals surface area contributed by atoms with E-state index in [1.807, 2.05) is 0 Å². The van der Waals surface area contributed by atoms with Crippen molar-refractivity contribution in [2.24, 2.45) is 0 Å². The summed E-state index contributed by atoms with van der Waals surface area (Å²) in [6, 6.07) is 3.26. The molecule has 110 valence electrons. The van der Waals surface area contributed by atoms with Crippen LogP contribution in [0, 0.1) is 0 Å². The number of ether oxygens (including phenoxy) is 1. The molecule has 1 aromatic rings. The first-order chi connectivity index (χ1) is 9.43. The van der Waals surface area contributed by atoms with Crippen molar-refractivity contribution in [3.8, 4) is 0 Å². The lowest BCUT2D eigenvalue weighted by Gasteiger charge is -2.12. The maximum atomic E-state index is 10.9. The number of nitrogen functional groups attached to an aromatic ring is 1. The highest BCUT2D eigenvalue weighted by molar-refractivity contribution is 7.80. The van der Waals surface area contributed by atoms with Crippen LogP contribution < -0.4 is 16.4 Å². The van der Waals surface area contributed by atoms with Gasteiger partial charge >= 0.3 is 5.97 Å². The van der Waals surface area contributed by atoms with Crippen LogP contribution in [0.4, 0.5) is 11.4 Å². The molecule has 1 rings (SSSR count). The highest BCUT2D eigenvalue weighted by Crippen LogP contribution is 2.30. The molecule has 20 heavy (non-hydrogen) atoms. The van der Waals surface area contributed by atoms with Crippen LogP contribution in [-0.4, -0.2) is 24.7 Å². The van der Waals surface area contributed by atoms with Gasteiger partial charge in [0.25, 0.3) is 0 Å². The average Bonchev–Trinajstić information content (AvgIpc) is 2.40. The van der Waals surface area contributed by atoms with Crippen molar-refractivity contribution in [3.05, 3.63) is 22.2 Å². The normalized spacial score (nSPS) is 9.95. The fraction of sp³-hybridized carbons (Fsp3) is 0.333. The molecule has 0 aromatic heterocycles. The Hall–Kier alpha value is -1.24. The van der Waals surface area contributed by atoms with Crippen LogP contribution in [0.3, 0.4) is 0 Å². The monoisotopic (exact) mass is 335 g/mol. The molecule has 0 atom stereocenters. The van der Waals surface area contributed by atoms with E-state index in [9.17, 15) is 4.79 Å². The highest BCUT2D eigenvalue weighted by atomic mass is 35.5. The lowest BCUT2D eigenvalue weighted by molar-refractivity contribution is -0.140. The Kier molecular flexibility index (Phi) is 6.84. The van der Waals surface area contributed by atoms with Crippen molar-refractivity contribution in [1.82, 2.24) is 5.32 Å². The Morgan fingerprint density at radius 3 is 2.55 bits per heavy atom. The number of rotatable bonds is 5. The molecule has 0 spiro atoms. The minimum absolute atomic E-state index is 0.247. The van der Waals surface area contributed by atoms with Gasteiger partial charge < -0.3 is 21.1 Å². The number of carbonyl (C=O) groups is 1. The Bertz CT molecular complexity index is 488. The van der Waals surface area contributed by atoms with Crippen LogP contribution in [-0.2, 0) is 9.53 Å². The van der Waals surface area contributed by atoms with Crippen molar-refractivity contribution in [2.75, 3.05) is 24.7 Å². The highest BCUT2D eigenvalue weighted by Gasteiger charge is 2.06. The second-order valence-corrected chi connectivity index (χ2v) is 5.14. The smallest absolute Gasteiger partial charge is 0.305 e. The molecule has 0 aliphatic rings. The molecule has 0 aliphatic carbocycles. The number of anilines is 2. The summed E-state index contributed by atoms with van der Waals surface area (Å²) >= 11 is 16.9. The van der Waals surface area contributed by atoms with Gasteiger partial charge in [0.1, 0.15) is 0 Å². The summed E-state index contributed by atoms with van der Waals surface area (Å²) in [6.07, 6.45) is 0.962. The molecule has 0 amide bonds. The van der Waals surface area contributed by atoms with Crippen molar-refractivity contribution in [3.63, 3.8) is 0 Å². The number of carbonyl (C=O) groups excluding carboxylic acids is 1. The quantitative estimate of drug-likeness (QED) is 0.332. The minimum Gasteiger partial charge on any atom is -0.469 e. The van der Waals surface area contributed by atoms with Crippen LogP contribution in [0.15, 0.2) is 12.1 Å². The Morgan fingerprint density at radius 2 is 2.00 bits per heavy atom. The standard InChI is InChI=1S/C12H15Cl2N3O2S/c1-19-10(18)3-2-4-16-12(20)17-7-5-8(13)11(15)9(14)6-7/h5-6H,2-4,15H2,1H3,(H2,16,17,20). The molecular formula is C12H15Cl2N3O2S. The molecular weight excluding hydrogens is 321 g/mol. The van der Waals surface area contributed by atoms with Crippen LogP contribution in [0.1, 0.15) is 12.8 Å². The van der Waals surface area contributed by atoms with E-state index >= 15 is 0 Å². The predicted molar refractivity (Wildman–Crippen MR) is 86.3 cm³/mol. The molecule has 0 unspecified atom stereocenters. The first-order valence-electron chi connectivity index (χ1n) is 5.80. The van der Waals surface area contributed by atoms with Gasteiger partial charge in [0.15, 0.2) is 5.11 Å². The Morgan fingerprint density at radius 1 is 1.40 bits per heavy atom. The zero-order valence-corrected chi connectivity index (χ0v) is 13.2. The van der Waals surface area contributed by atoms with Crippen molar-refractivity contribution in [1.29, 1.82) is 0 Å². The van der Waals surface area contributed by atoms with E-state index in [4.69, 9.17) is 41.2 Å². The fourth-order valence-electron chi connectivity index (χ4n) is 1.37. The molecule has 0 fully saturated rings. The summed E-state index contributed by atoms with van der Waals surface area (Å²) in [4.78, 5) is 10.9. The molecule has 1 aromatic carbocycles. The molecule has 0 heterocycles. The molecule has 4 N–H and O–H groups in total. The van der Waals surface area contributed by atoms with E-state index < -0.39 is 0 Å². The summed E-state index contributed by atoms with van der Waals surface area (Å²) < 4.78 is 4.53. The topological polar surface area (TPSA) is 76.4 Å². The average molecular weight is 336 g/mol. The first-order valence-corrected chi connectivity index (χ1v) is 6.96. The van der Waals surface area contributed by atoms with E-state index in [1.54, 1.807) is 12.1 Å². The van der Waals surface area contributed by atoms with Gasteiger partial charge in [-0.3, -0.25) is 4.79 Å². The molecule has 0 saturated carbocycles. The van der Waals surface area contributed by atoms with Crippen molar-refractivity contribution >= 4 is 57.9 Å². The third kappa shape index (κ3) is 5.40. The van der Waals surface area contributed by atoms with Gasteiger partial charge in [-0.15, -0.1) is 0 Å². The number of esters is 1. The van der Waals surface area contributed by atoms with Gasteiger partial charge in [-0.05, 0) is 30.8 Å². The number of nitrogens with two attached hydrogens (primary N) is 1. The van der Waals surface area contributed by atoms with Gasteiger partial charge in [0.2, 0.25) is 0 Å². The summed E-state index contributed by atoms with van der Waals surface area (Å²) in [5.74, 6) is -0.247. The lowest BCUT2D eigenvalue weighted by atomic mass is 10.3. The van der Waals surface area contributed by atoms with Crippen LogP contribution in [0.5, 0.6) is 0 Å². The van der Waals surface area contributed by atoms with E-state index in [-0.39, 0.29) is 5.97 Å². The second kappa shape index (κ2) is 8.14. The number of nitrogens with one attached hydrogen (secondary N) is 2. The number of hydrogen-bond acceptors (Lipinski definition) is 4. The summed E-state index contributed by atoms with van der Waals surface area (Å²) in [5, 5.41) is 7.01. The zero-order chi connectivity index (χ0) is 15.1. The maximum Gasteiger partial charge on any atom is 0.305 e. The van der Waals surface area contributed by atoms with Gasteiger partial charge in [-0.1, -0.05) is 23.2 Å². The first kappa shape index (κ1) is 16.8. The molecule has 8 heteroatoms.